The van der Waals surface area contributed by atoms with Crippen LogP contribution >= 0.6 is 46.3 Å². The number of thiophene rings is 1. The van der Waals surface area contributed by atoms with Crippen molar-refractivity contribution in [3.63, 3.8) is 0 Å². The molecule has 1 aromatic carbocycles. The summed E-state index contributed by atoms with van der Waals surface area (Å²) >= 11 is 14.6. The standard InChI is InChI=1S/C25H27Cl2N5O5S2/c1-4-36-24(35)21-15-6-5-7-18(15)39-23(21)29-22(34)13(2)38-25-31-30-19(32(25)3)11-28-20(33)12-37-17-9-8-14(26)10-16(17)27/h8-10,13H,4-7,11-12H2,1-3H3,(H,28,33)(H,29,34). The zero-order valence-corrected chi connectivity index (χ0v) is 24.7. The van der Waals surface area contributed by atoms with E-state index in [1.54, 1.807) is 37.6 Å². The number of thioether (sulfide) groups is 1. The van der Waals surface area contributed by atoms with Gasteiger partial charge in [-0.1, -0.05) is 35.0 Å². The lowest BCUT2D eigenvalue weighted by Crippen LogP contribution is -2.29. The maximum Gasteiger partial charge on any atom is 0.341 e. The van der Waals surface area contributed by atoms with Crippen LogP contribution in [0.1, 0.15) is 46.9 Å². The first-order chi connectivity index (χ1) is 18.7. The Kier molecular flexibility index (Phi) is 9.76. The van der Waals surface area contributed by atoms with E-state index in [-0.39, 0.29) is 31.6 Å². The van der Waals surface area contributed by atoms with Crippen LogP contribution in [0, 0.1) is 0 Å². The van der Waals surface area contributed by atoms with E-state index < -0.39 is 11.2 Å². The predicted octanol–water partition coefficient (Wildman–Crippen LogP) is 4.66. The lowest BCUT2D eigenvalue weighted by atomic mass is 10.1. The fourth-order valence-corrected chi connectivity index (χ4v) is 6.48. The zero-order valence-electron chi connectivity index (χ0n) is 21.5. The number of hydrogen-bond donors (Lipinski definition) is 2. The number of benzene rings is 1. The maximum absolute atomic E-state index is 13.0. The van der Waals surface area contributed by atoms with Crippen molar-refractivity contribution in [2.75, 3.05) is 18.5 Å². The summed E-state index contributed by atoms with van der Waals surface area (Å²) in [6, 6.07) is 4.74. The highest BCUT2D eigenvalue weighted by atomic mass is 35.5. The van der Waals surface area contributed by atoms with Gasteiger partial charge in [-0.2, -0.15) is 0 Å². The van der Waals surface area contributed by atoms with Gasteiger partial charge in [0.2, 0.25) is 5.91 Å². The number of anilines is 1. The van der Waals surface area contributed by atoms with E-state index in [1.165, 1.54) is 29.2 Å². The Morgan fingerprint density at radius 2 is 2.03 bits per heavy atom. The number of halogens is 2. The number of fused-ring (bicyclic) bond motifs is 1. The summed E-state index contributed by atoms with van der Waals surface area (Å²) in [4.78, 5) is 39.0. The number of nitrogens with one attached hydrogen (secondary N) is 2. The fraction of sp³-hybridized carbons (Fsp3) is 0.400. The quantitative estimate of drug-likeness (QED) is 0.237. The Morgan fingerprint density at radius 3 is 2.77 bits per heavy atom. The molecule has 0 spiro atoms. The second-order valence-corrected chi connectivity index (χ2v) is 11.9. The van der Waals surface area contributed by atoms with E-state index in [4.69, 9.17) is 32.7 Å². The van der Waals surface area contributed by atoms with Gasteiger partial charge < -0.3 is 24.7 Å². The molecular weight excluding hydrogens is 585 g/mol. The molecule has 2 aromatic heterocycles. The van der Waals surface area contributed by atoms with Crippen molar-refractivity contribution in [3.05, 3.63) is 50.1 Å². The molecular formula is C25H27Cl2N5O5S2. The summed E-state index contributed by atoms with van der Waals surface area (Å²) in [5, 5.41) is 15.2. The first-order valence-electron chi connectivity index (χ1n) is 12.2. The molecule has 1 aliphatic rings. The highest BCUT2D eigenvalue weighted by Crippen LogP contribution is 2.40. The van der Waals surface area contributed by atoms with Gasteiger partial charge in [-0.15, -0.1) is 21.5 Å². The van der Waals surface area contributed by atoms with E-state index in [0.29, 0.717) is 37.3 Å². The molecule has 2 heterocycles. The number of carbonyl (C=O) groups excluding carboxylic acids is 3. The summed E-state index contributed by atoms with van der Waals surface area (Å²) < 4.78 is 12.4. The molecule has 14 heteroatoms. The Bertz CT molecular complexity index is 1390. The molecule has 1 atom stereocenters. The number of amides is 2. The minimum absolute atomic E-state index is 0.116. The van der Waals surface area contributed by atoms with Crippen LogP contribution in [0.5, 0.6) is 5.75 Å². The number of aryl methyl sites for hydroxylation is 1. The molecule has 4 rings (SSSR count). The van der Waals surface area contributed by atoms with Gasteiger partial charge in [-0.25, -0.2) is 4.79 Å². The predicted molar refractivity (Wildman–Crippen MR) is 151 cm³/mol. The van der Waals surface area contributed by atoms with Crippen LogP contribution in [-0.4, -0.2) is 51.0 Å². The molecule has 39 heavy (non-hydrogen) atoms. The van der Waals surface area contributed by atoms with Crippen molar-refractivity contribution in [3.8, 4) is 5.75 Å². The van der Waals surface area contributed by atoms with Gasteiger partial charge in [0.1, 0.15) is 10.8 Å². The van der Waals surface area contributed by atoms with E-state index in [2.05, 4.69) is 20.8 Å². The van der Waals surface area contributed by atoms with Crippen molar-refractivity contribution in [1.29, 1.82) is 0 Å². The maximum atomic E-state index is 13.0. The number of hydrogen-bond acceptors (Lipinski definition) is 9. The van der Waals surface area contributed by atoms with Gasteiger partial charge in [0.25, 0.3) is 5.91 Å². The number of rotatable bonds is 11. The third-order valence-corrected chi connectivity index (χ3v) is 8.78. The summed E-state index contributed by atoms with van der Waals surface area (Å²) in [5.41, 5.74) is 1.45. The van der Waals surface area contributed by atoms with Crippen molar-refractivity contribution in [1.82, 2.24) is 20.1 Å². The van der Waals surface area contributed by atoms with Gasteiger partial charge in [0.15, 0.2) is 17.6 Å². The van der Waals surface area contributed by atoms with Crippen LogP contribution in [0.15, 0.2) is 23.4 Å². The van der Waals surface area contributed by atoms with Crippen LogP contribution in [0.2, 0.25) is 10.0 Å². The molecule has 0 aliphatic heterocycles. The molecule has 1 aliphatic carbocycles. The number of nitrogens with zero attached hydrogens (tertiary/aromatic N) is 3. The van der Waals surface area contributed by atoms with E-state index in [9.17, 15) is 14.4 Å². The molecule has 2 N–H and O–H groups in total. The molecule has 2 amide bonds. The van der Waals surface area contributed by atoms with Crippen LogP contribution in [0.4, 0.5) is 5.00 Å². The van der Waals surface area contributed by atoms with Crippen molar-refractivity contribution >= 4 is 69.1 Å². The normalized spacial score (nSPS) is 13.1. The van der Waals surface area contributed by atoms with E-state index in [1.807, 2.05) is 0 Å². The summed E-state index contributed by atoms with van der Waals surface area (Å²) in [6.07, 6.45) is 2.69. The second kappa shape index (κ2) is 13.0. The molecule has 208 valence electrons. The van der Waals surface area contributed by atoms with Crippen molar-refractivity contribution in [2.24, 2.45) is 7.05 Å². The number of aromatic nitrogens is 3. The average molecular weight is 613 g/mol. The smallest absolute Gasteiger partial charge is 0.341 e. The molecule has 0 saturated heterocycles. The largest absolute Gasteiger partial charge is 0.482 e. The van der Waals surface area contributed by atoms with Gasteiger partial charge in [-0.05, 0) is 56.9 Å². The van der Waals surface area contributed by atoms with Crippen molar-refractivity contribution in [2.45, 2.75) is 50.1 Å². The summed E-state index contributed by atoms with van der Waals surface area (Å²) in [5.74, 6) is -0.189. The van der Waals surface area contributed by atoms with E-state index >= 15 is 0 Å². The van der Waals surface area contributed by atoms with Gasteiger partial charge in [0.05, 0.1) is 29.0 Å². The second-order valence-electron chi connectivity index (χ2n) is 8.63. The van der Waals surface area contributed by atoms with Gasteiger partial charge >= 0.3 is 5.97 Å². The third kappa shape index (κ3) is 7.05. The van der Waals surface area contributed by atoms with Crippen molar-refractivity contribution < 1.29 is 23.9 Å². The van der Waals surface area contributed by atoms with E-state index in [0.717, 1.165) is 29.7 Å². The SMILES string of the molecule is CCOC(=O)c1c(NC(=O)C(C)Sc2nnc(CNC(=O)COc3ccc(Cl)cc3Cl)n2C)sc2c1CCC2. The number of ether oxygens (including phenoxy) is 2. The Labute approximate surface area is 243 Å². The number of esters is 1. The molecule has 0 bridgehead atoms. The lowest BCUT2D eigenvalue weighted by Gasteiger charge is -2.12. The Balaban J connectivity index is 1.31. The first-order valence-corrected chi connectivity index (χ1v) is 14.6. The molecule has 1 unspecified atom stereocenters. The van der Waals surface area contributed by atoms with Crippen LogP contribution in [0.3, 0.4) is 0 Å². The number of carbonyl (C=O) groups is 3. The van der Waals surface area contributed by atoms with Gasteiger partial charge in [-0.3, -0.25) is 9.59 Å². The lowest BCUT2D eigenvalue weighted by molar-refractivity contribution is -0.123. The third-order valence-electron chi connectivity index (χ3n) is 5.91. The molecule has 0 fully saturated rings. The highest BCUT2D eigenvalue weighted by Gasteiger charge is 2.29. The molecule has 0 saturated carbocycles. The zero-order chi connectivity index (χ0) is 28.1. The summed E-state index contributed by atoms with van der Waals surface area (Å²) in [6.45, 7) is 3.65. The fourth-order valence-electron chi connectivity index (χ4n) is 3.90. The van der Waals surface area contributed by atoms with Crippen LogP contribution in [0.25, 0.3) is 0 Å². The van der Waals surface area contributed by atoms with Gasteiger partial charge in [0, 0.05) is 16.9 Å². The monoisotopic (exact) mass is 611 g/mol. The van der Waals surface area contributed by atoms with Crippen LogP contribution in [-0.2, 0) is 40.8 Å². The minimum atomic E-state index is -0.528. The summed E-state index contributed by atoms with van der Waals surface area (Å²) in [7, 11) is 1.75. The molecule has 10 nitrogen and oxygen atoms in total. The minimum Gasteiger partial charge on any atom is -0.482 e. The topological polar surface area (TPSA) is 124 Å². The molecule has 3 aromatic rings. The first kappa shape index (κ1) is 29.2. The highest BCUT2D eigenvalue weighted by molar-refractivity contribution is 8.00. The van der Waals surface area contributed by atoms with Crippen LogP contribution < -0.4 is 15.4 Å². The Hall–Kier alpha value is -2.80. The molecule has 0 radical (unpaired) electrons. The Morgan fingerprint density at radius 1 is 1.23 bits per heavy atom. The average Bonchev–Trinajstić information content (AvgIpc) is 3.57.